The van der Waals surface area contributed by atoms with Crippen LogP contribution in [0.2, 0.25) is 5.02 Å². The maximum absolute atomic E-state index is 12.9. The van der Waals surface area contributed by atoms with Gasteiger partial charge in [0, 0.05) is 43.5 Å². The molecule has 5 nitrogen and oxygen atoms in total. The average Bonchev–Trinajstić information content (AvgIpc) is 3.12. The summed E-state index contributed by atoms with van der Waals surface area (Å²) < 4.78 is 2.07. The molecule has 0 spiro atoms. The lowest BCUT2D eigenvalue weighted by Crippen LogP contribution is -2.44. The number of rotatable bonds is 3. The van der Waals surface area contributed by atoms with Crippen molar-refractivity contribution < 1.29 is 4.79 Å². The van der Waals surface area contributed by atoms with Crippen LogP contribution < -0.4 is 0 Å². The molecule has 0 aliphatic carbocycles. The zero-order valence-corrected chi connectivity index (χ0v) is 16.4. The molecular weight excluding hydrogens is 348 g/mol. The van der Waals surface area contributed by atoms with E-state index < -0.39 is 0 Å². The number of benzene rings is 1. The topological polar surface area (TPSA) is 41.4 Å². The van der Waals surface area contributed by atoms with Crippen LogP contribution >= 0.6 is 11.6 Å². The van der Waals surface area contributed by atoms with Crippen molar-refractivity contribution in [2.24, 2.45) is 7.05 Å². The summed E-state index contributed by atoms with van der Waals surface area (Å²) in [6, 6.07) is 6.69. The van der Waals surface area contributed by atoms with E-state index in [9.17, 15) is 4.79 Å². The third-order valence-corrected chi connectivity index (χ3v) is 6.39. The molecule has 0 unspecified atom stereocenters. The minimum atomic E-state index is 0.276. The Morgan fingerprint density at radius 1 is 1.19 bits per heavy atom. The highest BCUT2D eigenvalue weighted by Gasteiger charge is 2.39. The first kappa shape index (κ1) is 17.8. The Morgan fingerprint density at radius 2 is 2.04 bits per heavy atom. The molecule has 1 aromatic carbocycles. The van der Waals surface area contributed by atoms with Crippen LogP contribution in [-0.4, -0.2) is 57.5 Å². The van der Waals surface area contributed by atoms with Crippen LogP contribution in [0, 0.1) is 0 Å². The first-order chi connectivity index (χ1) is 12.5. The van der Waals surface area contributed by atoms with Crippen LogP contribution in [0.1, 0.15) is 37.9 Å². The lowest BCUT2D eigenvalue weighted by atomic mass is 10.0. The normalized spacial score (nSPS) is 24.0. The van der Waals surface area contributed by atoms with E-state index in [1.807, 2.05) is 25.2 Å². The summed E-state index contributed by atoms with van der Waals surface area (Å²) in [5, 5.41) is 0.693. The fourth-order valence-corrected chi connectivity index (χ4v) is 4.86. The molecule has 0 bridgehead atoms. The maximum atomic E-state index is 12.9. The molecule has 140 valence electrons. The molecule has 2 fully saturated rings. The number of hydrogen-bond donors (Lipinski definition) is 0. The SMILES string of the molecule is CN1CCCC[C@@H]2[C@H]1CCN2C(=O)CCc1nc2cc(Cl)ccc2n1C. The summed E-state index contributed by atoms with van der Waals surface area (Å²) in [4.78, 5) is 22.2. The van der Waals surface area contributed by atoms with E-state index in [0.29, 0.717) is 29.9 Å². The van der Waals surface area contributed by atoms with Gasteiger partial charge in [0.05, 0.1) is 11.0 Å². The Hall–Kier alpha value is -1.59. The van der Waals surface area contributed by atoms with Crippen LogP contribution in [0.3, 0.4) is 0 Å². The van der Waals surface area contributed by atoms with Crippen LogP contribution in [0.5, 0.6) is 0 Å². The third-order valence-electron chi connectivity index (χ3n) is 6.16. The Balaban J connectivity index is 1.45. The van der Waals surface area contributed by atoms with Crippen molar-refractivity contribution in [3.8, 4) is 0 Å². The standard InChI is InChI=1S/C20H27ClN4O/c1-23-11-4-3-5-18-17(23)10-12-25(18)20(26)9-8-19-22-15-13-14(21)6-7-16(15)24(19)2/h6-7,13,17-18H,3-5,8-12H2,1-2H3/t17-,18-/m1/s1. The van der Waals surface area contributed by atoms with Crippen LogP contribution in [0.4, 0.5) is 0 Å². The lowest BCUT2D eigenvalue weighted by molar-refractivity contribution is -0.132. The number of fused-ring (bicyclic) bond motifs is 2. The van der Waals surface area contributed by atoms with Gasteiger partial charge in [-0.25, -0.2) is 4.98 Å². The average molecular weight is 375 g/mol. The molecule has 2 aliphatic heterocycles. The molecule has 1 amide bonds. The van der Waals surface area contributed by atoms with Gasteiger partial charge in [0.25, 0.3) is 0 Å². The number of carbonyl (C=O) groups is 1. The fourth-order valence-electron chi connectivity index (χ4n) is 4.70. The van der Waals surface area contributed by atoms with Gasteiger partial charge in [-0.1, -0.05) is 18.0 Å². The molecule has 26 heavy (non-hydrogen) atoms. The van der Waals surface area contributed by atoms with Gasteiger partial charge in [-0.2, -0.15) is 0 Å². The van der Waals surface area contributed by atoms with Gasteiger partial charge in [0.2, 0.25) is 5.91 Å². The van der Waals surface area contributed by atoms with Crippen molar-refractivity contribution in [1.29, 1.82) is 0 Å². The van der Waals surface area contributed by atoms with Gasteiger partial charge in [-0.15, -0.1) is 0 Å². The van der Waals surface area contributed by atoms with Gasteiger partial charge in [0.1, 0.15) is 5.82 Å². The van der Waals surface area contributed by atoms with Crippen LogP contribution in [0.15, 0.2) is 18.2 Å². The van der Waals surface area contributed by atoms with Crippen molar-refractivity contribution in [2.75, 3.05) is 20.1 Å². The molecule has 4 rings (SSSR count). The van der Waals surface area contributed by atoms with Crippen molar-refractivity contribution in [1.82, 2.24) is 19.4 Å². The number of halogens is 1. The summed E-state index contributed by atoms with van der Waals surface area (Å²) in [7, 11) is 4.22. The van der Waals surface area contributed by atoms with Gasteiger partial charge in [0.15, 0.2) is 0 Å². The molecule has 2 aromatic rings. The molecule has 3 heterocycles. The summed E-state index contributed by atoms with van der Waals surface area (Å²) >= 11 is 6.07. The Kier molecular flexibility index (Phi) is 4.93. The highest BCUT2D eigenvalue weighted by Crippen LogP contribution is 2.30. The van der Waals surface area contributed by atoms with E-state index in [-0.39, 0.29) is 5.91 Å². The van der Waals surface area contributed by atoms with E-state index >= 15 is 0 Å². The summed E-state index contributed by atoms with van der Waals surface area (Å²) in [6.45, 7) is 2.06. The minimum absolute atomic E-state index is 0.276. The van der Waals surface area contributed by atoms with Gasteiger partial charge >= 0.3 is 0 Å². The second kappa shape index (κ2) is 7.20. The molecule has 2 aliphatic rings. The molecule has 2 atom stereocenters. The number of nitrogens with zero attached hydrogens (tertiary/aromatic N) is 4. The Labute approximate surface area is 159 Å². The first-order valence-corrected chi connectivity index (χ1v) is 10.0. The van der Waals surface area contributed by atoms with E-state index in [4.69, 9.17) is 11.6 Å². The number of aryl methyl sites for hydroxylation is 2. The van der Waals surface area contributed by atoms with Crippen molar-refractivity contribution in [3.05, 3.63) is 29.0 Å². The summed E-state index contributed by atoms with van der Waals surface area (Å²) in [5.74, 6) is 1.22. The first-order valence-electron chi connectivity index (χ1n) is 9.65. The third kappa shape index (κ3) is 3.23. The lowest BCUT2D eigenvalue weighted by Gasteiger charge is -2.30. The van der Waals surface area contributed by atoms with Crippen molar-refractivity contribution in [2.45, 2.75) is 50.6 Å². The second-order valence-electron chi connectivity index (χ2n) is 7.71. The predicted molar refractivity (Wildman–Crippen MR) is 104 cm³/mol. The zero-order chi connectivity index (χ0) is 18.3. The highest BCUT2D eigenvalue weighted by atomic mass is 35.5. The monoisotopic (exact) mass is 374 g/mol. The van der Waals surface area contributed by atoms with E-state index in [0.717, 1.165) is 42.8 Å². The largest absolute Gasteiger partial charge is 0.338 e. The second-order valence-corrected chi connectivity index (χ2v) is 8.14. The number of likely N-dealkylation sites (N-methyl/N-ethyl adjacent to an activating group) is 1. The van der Waals surface area contributed by atoms with Crippen LogP contribution in [0.25, 0.3) is 11.0 Å². The Morgan fingerprint density at radius 3 is 2.88 bits per heavy atom. The molecule has 1 aromatic heterocycles. The number of hydrogen-bond acceptors (Lipinski definition) is 3. The van der Waals surface area contributed by atoms with Crippen molar-refractivity contribution >= 4 is 28.5 Å². The maximum Gasteiger partial charge on any atom is 0.223 e. The number of carbonyl (C=O) groups excluding carboxylic acids is 1. The Bertz CT molecular complexity index is 817. The van der Waals surface area contributed by atoms with E-state index in [1.54, 1.807) is 0 Å². The summed E-state index contributed by atoms with van der Waals surface area (Å²) in [5.41, 5.74) is 1.96. The summed E-state index contributed by atoms with van der Waals surface area (Å²) in [6.07, 6.45) is 5.92. The van der Waals surface area contributed by atoms with Crippen molar-refractivity contribution in [3.63, 3.8) is 0 Å². The zero-order valence-electron chi connectivity index (χ0n) is 15.6. The molecule has 0 radical (unpaired) electrons. The van der Waals surface area contributed by atoms with Crippen LogP contribution in [-0.2, 0) is 18.3 Å². The highest BCUT2D eigenvalue weighted by molar-refractivity contribution is 6.31. The van der Waals surface area contributed by atoms with E-state index in [2.05, 4.69) is 26.4 Å². The van der Waals surface area contributed by atoms with Gasteiger partial charge in [-0.05, 0) is 51.1 Å². The molecule has 0 N–H and O–H groups in total. The van der Waals surface area contributed by atoms with E-state index in [1.165, 1.54) is 12.8 Å². The smallest absolute Gasteiger partial charge is 0.223 e. The molecule has 2 saturated heterocycles. The number of aromatic nitrogens is 2. The minimum Gasteiger partial charge on any atom is -0.338 e. The molecule has 6 heteroatoms. The fraction of sp³-hybridized carbons (Fsp3) is 0.600. The van der Waals surface area contributed by atoms with Gasteiger partial charge in [-0.3, -0.25) is 4.79 Å². The number of likely N-dealkylation sites (tertiary alicyclic amines) is 2. The predicted octanol–water partition coefficient (Wildman–Crippen LogP) is 3.24. The quantitative estimate of drug-likeness (QED) is 0.828. The number of amides is 1. The number of imidazole rings is 1. The molecular formula is C20H27ClN4O. The van der Waals surface area contributed by atoms with Gasteiger partial charge < -0.3 is 14.4 Å². The molecule has 0 saturated carbocycles.